The zero-order chi connectivity index (χ0) is 9.40. The average molecular weight is 160 g/mol. The van der Waals surface area contributed by atoms with Crippen LogP contribution in [0, 0.1) is 0 Å². The molecule has 0 aromatic heterocycles. The first-order chi connectivity index (χ1) is 5.76. The van der Waals surface area contributed by atoms with Gasteiger partial charge in [-0.05, 0) is 17.6 Å². The lowest BCUT2D eigenvalue weighted by Gasteiger charge is -1.98. The van der Waals surface area contributed by atoms with Gasteiger partial charge in [0.25, 0.3) is 0 Å². The molecule has 0 fully saturated rings. The molecule has 12 heavy (non-hydrogen) atoms. The van der Waals surface area contributed by atoms with Crippen LogP contribution in [0.4, 0.5) is 0 Å². The molecule has 0 saturated carbocycles. The van der Waals surface area contributed by atoms with Crippen molar-refractivity contribution in [2.75, 3.05) is 0 Å². The molecule has 0 rings (SSSR count). The summed E-state index contributed by atoms with van der Waals surface area (Å²) < 4.78 is 0. The highest BCUT2D eigenvalue weighted by molar-refractivity contribution is 5.45. The van der Waals surface area contributed by atoms with Crippen LogP contribution in [0.25, 0.3) is 0 Å². The zero-order valence-corrected chi connectivity index (χ0v) is 7.72. The SMILES string of the molecule is C=C/C=C(\C=C/CC)C(=C)C=C. The van der Waals surface area contributed by atoms with E-state index >= 15 is 0 Å². The van der Waals surface area contributed by atoms with Crippen LogP contribution in [0.3, 0.4) is 0 Å². The van der Waals surface area contributed by atoms with E-state index in [1.54, 1.807) is 12.2 Å². The lowest BCUT2D eigenvalue weighted by atomic mass is 10.1. The molecule has 0 heterocycles. The lowest BCUT2D eigenvalue weighted by Crippen LogP contribution is -1.78. The van der Waals surface area contributed by atoms with Gasteiger partial charge in [-0.2, -0.15) is 0 Å². The second kappa shape index (κ2) is 6.41. The Kier molecular flexibility index (Phi) is 5.72. The third-order valence-electron chi connectivity index (χ3n) is 1.45. The Bertz CT molecular complexity index is 226. The molecule has 0 heteroatoms. The highest BCUT2D eigenvalue weighted by atomic mass is 14.0. The minimum absolute atomic E-state index is 0.930. The predicted molar refractivity (Wildman–Crippen MR) is 57.0 cm³/mol. The maximum atomic E-state index is 3.86. The van der Waals surface area contributed by atoms with Gasteiger partial charge in [0, 0.05) is 0 Å². The van der Waals surface area contributed by atoms with Crippen molar-refractivity contribution in [2.45, 2.75) is 13.3 Å². The summed E-state index contributed by atoms with van der Waals surface area (Å²) in [5.41, 5.74) is 2.00. The third-order valence-corrected chi connectivity index (χ3v) is 1.45. The van der Waals surface area contributed by atoms with E-state index in [9.17, 15) is 0 Å². The van der Waals surface area contributed by atoms with E-state index < -0.39 is 0 Å². The molecule has 0 aromatic rings. The van der Waals surface area contributed by atoms with Crippen molar-refractivity contribution in [1.82, 2.24) is 0 Å². The highest BCUT2D eigenvalue weighted by Gasteiger charge is 1.90. The summed E-state index contributed by atoms with van der Waals surface area (Å²) in [4.78, 5) is 0. The van der Waals surface area contributed by atoms with E-state index in [0.29, 0.717) is 0 Å². The quantitative estimate of drug-likeness (QED) is 0.536. The smallest absolute Gasteiger partial charge is 0.0194 e. The second-order valence-electron chi connectivity index (χ2n) is 2.40. The summed E-state index contributed by atoms with van der Waals surface area (Å²) in [6, 6.07) is 0. The van der Waals surface area contributed by atoms with E-state index in [-0.39, 0.29) is 0 Å². The predicted octanol–water partition coefficient (Wildman–Crippen LogP) is 3.81. The van der Waals surface area contributed by atoms with Gasteiger partial charge in [0.1, 0.15) is 0 Å². The monoisotopic (exact) mass is 160 g/mol. The molecule has 0 unspecified atom stereocenters. The van der Waals surface area contributed by atoms with Gasteiger partial charge in [0.15, 0.2) is 0 Å². The van der Waals surface area contributed by atoms with Gasteiger partial charge in [0.2, 0.25) is 0 Å². The van der Waals surface area contributed by atoms with Crippen LogP contribution in [0.5, 0.6) is 0 Å². The summed E-state index contributed by atoms with van der Waals surface area (Å²) in [6.45, 7) is 13.3. The van der Waals surface area contributed by atoms with Gasteiger partial charge in [-0.25, -0.2) is 0 Å². The normalized spacial score (nSPS) is 11.6. The molecule has 0 aliphatic heterocycles. The summed E-state index contributed by atoms with van der Waals surface area (Å²) in [5.74, 6) is 0. The van der Waals surface area contributed by atoms with Gasteiger partial charge in [-0.3, -0.25) is 0 Å². The van der Waals surface area contributed by atoms with Crippen LogP contribution in [-0.2, 0) is 0 Å². The standard InChI is InChI=1S/C12H16/c1-5-8-10-12(9-6-2)11(4)7-3/h6-10H,2-5H2,1H3/b10-8-,12-9+. The molecule has 0 saturated heterocycles. The van der Waals surface area contributed by atoms with Crippen molar-refractivity contribution >= 4 is 0 Å². The molecule has 0 bridgehead atoms. The highest BCUT2D eigenvalue weighted by Crippen LogP contribution is 2.10. The van der Waals surface area contributed by atoms with Crippen molar-refractivity contribution in [3.05, 3.63) is 61.3 Å². The molecule has 0 N–H and O–H groups in total. The minimum atomic E-state index is 0.930. The maximum Gasteiger partial charge on any atom is -0.0194 e. The number of hydrogen-bond acceptors (Lipinski definition) is 0. The minimum Gasteiger partial charge on any atom is -0.0990 e. The van der Waals surface area contributed by atoms with Crippen molar-refractivity contribution < 1.29 is 0 Å². The summed E-state index contributed by atoms with van der Waals surface area (Å²) >= 11 is 0. The van der Waals surface area contributed by atoms with E-state index in [4.69, 9.17) is 0 Å². The molecule has 0 amide bonds. The zero-order valence-electron chi connectivity index (χ0n) is 7.72. The van der Waals surface area contributed by atoms with Crippen LogP contribution in [0.2, 0.25) is 0 Å². The largest absolute Gasteiger partial charge is 0.0990 e. The molecule has 0 radical (unpaired) electrons. The summed E-state index contributed by atoms with van der Waals surface area (Å²) in [7, 11) is 0. The third kappa shape index (κ3) is 3.77. The molecular weight excluding hydrogens is 144 g/mol. The Balaban J connectivity index is 4.55. The first-order valence-corrected chi connectivity index (χ1v) is 4.07. The van der Waals surface area contributed by atoms with E-state index in [2.05, 4.69) is 32.7 Å². The first kappa shape index (κ1) is 10.7. The van der Waals surface area contributed by atoms with Crippen LogP contribution in [-0.4, -0.2) is 0 Å². The van der Waals surface area contributed by atoms with Gasteiger partial charge in [0.05, 0.1) is 0 Å². The van der Waals surface area contributed by atoms with Gasteiger partial charge in [-0.1, -0.05) is 57.0 Å². The molecule has 0 aromatic carbocycles. The van der Waals surface area contributed by atoms with E-state index in [1.807, 2.05) is 12.2 Å². The van der Waals surface area contributed by atoms with Crippen LogP contribution in [0.15, 0.2) is 61.3 Å². The number of rotatable bonds is 5. The van der Waals surface area contributed by atoms with Crippen LogP contribution >= 0.6 is 0 Å². The van der Waals surface area contributed by atoms with Crippen LogP contribution in [0.1, 0.15) is 13.3 Å². The summed E-state index contributed by atoms with van der Waals surface area (Å²) in [5, 5.41) is 0. The van der Waals surface area contributed by atoms with Crippen molar-refractivity contribution in [1.29, 1.82) is 0 Å². The fourth-order valence-corrected chi connectivity index (χ4v) is 0.759. The molecule has 0 aliphatic rings. The Hall–Kier alpha value is -1.30. The Morgan fingerprint density at radius 1 is 1.33 bits per heavy atom. The van der Waals surface area contributed by atoms with Gasteiger partial charge >= 0.3 is 0 Å². The van der Waals surface area contributed by atoms with Gasteiger partial charge < -0.3 is 0 Å². The average Bonchev–Trinajstić information content (AvgIpc) is 2.11. The molecular formula is C12H16. The van der Waals surface area contributed by atoms with Crippen molar-refractivity contribution in [2.24, 2.45) is 0 Å². The fourth-order valence-electron chi connectivity index (χ4n) is 0.759. The number of hydrogen-bond donors (Lipinski definition) is 0. The fraction of sp³-hybridized carbons (Fsp3) is 0.167. The van der Waals surface area contributed by atoms with Gasteiger partial charge in [-0.15, -0.1) is 0 Å². The van der Waals surface area contributed by atoms with E-state index in [0.717, 1.165) is 17.6 Å². The molecule has 64 valence electrons. The Labute approximate surface area is 75.3 Å². The maximum absolute atomic E-state index is 3.86. The van der Waals surface area contributed by atoms with E-state index in [1.165, 1.54) is 0 Å². The second-order valence-corrected chi connectivity index (χ2v) is 2.40. The molecule has 0 nitrogen and oxygen atoms in total. The molecule has 0 atom stereocenters. The number of allylic oxidation sites excluding steroid dienone is 7. The Morgan fingerprint density at radius 2 is 2.00 bits per heavy atom. The lowest BCUT2D eigenvalue weighted by molar-refractivity contribution is 1.22. The Morgan fingerprint density at radius 3 is 2.42 bits per heavy atom. The summed E-state index contributed by atoms with van der Waals surface area (Å²) in [6.07, 6.45) is 10.6. The van der Waals surface area contributed by atoms with Crippen molar-refractivity contribution in [3.63, 3.8) is 0 Å². The first-order valence-electron chi connectivity index (χ1n) is 4.07. The molecule has 0 aliphatic carbocycles. The topological polar surface area (TPSA) is 0 Å². The molecule has 0 spiro atoms. The van der Waals surface area contributed by atoms with Crippen molar-refractivity contribution in [3.8, 4) is 0 Å². The van der Waals surface area contributed by atoms with Crippen LogP contribution < -0.4 is 0 Å².